The van der Waals surface area contributed by atoms with E-state index in [0.29, 0.717) is 10.6 Å². The quantitative estimate of drug-likeness (QED) is 0.795. The molecule has 1 N–H and O–H groups in total. The molecule has 134 valence electrons. The first-order valence-electron chi connectivity index (χ1n) is 7.96. The lowest BCUT2D eigenvalue weighted by molar-refractivity contribution is -0.119. The highest BCUT2D eigenvalue weighted by molar-refractivity contribution is 7.16. The van der Waals surface area contributed by atoms with Crippen LogP contribution in [0.25, 0.3) is 0 Å². The summed E-state index contributed by atoms with van der Waals surface area (Å²) in [6, 6.07) is 5.42. The Kier molecular flexibility index (Phi) is 5.55. The van der Waals surface area contributed by atoms with Crippen LogP contribution < -0.4 is 5.32 Å². The standard InChI is InChI=1S/C18H14ClFN2O3S/c19-14-7-10(20)5-6-12(14)18(24)25-9-16(23)22-17-13(8-21)11-3-1-2-4-15(11)26-17/h5-7H,1-4,9H2,(H,22,23). The number of benzene rings is 1. The van der Waals surface area contributed by atoms with Crippen LogP contribution in [0.2, 0.25) is 5.02 Å². The molecule has 0 spiro atoms. The van der Waals surface area contributed by atoms with Gasteiger partial charge in [-0.2, -0.15) is 5.26 Å². The predicted molar refractivity (Wildman–Crippen MR) is 96.0 cm³/mol. The minimum absolute atomic E-state index is 0.0230. The van der Waals surface area contributed by atoms with E-state index >= 15 is 0 Å². The van der Waals surface area contributed by atoms with E-state index in [4.69, 9.17) is 16.3 Å². The monoisotopic (exact) mass is 392 g/mol. The van der Waals surface area contributed by atoms with E-state index in [-0.39, 0.29) is 10.6 Å². The first-order chi connectivity index (χ1) is 12.5. The van der Waals surface area contributed by atoms with Gasteiger partial charge in [-0.3, -0.25) is 4.79 Å². The number of anilines is 1. The molecule has 1 aliphatic carbocycles. The Hall–Kier alpha value is -2.43. The van der Waals surface area contributed by atoms with Crippen LogP contribution in [0.1, 0.15) is 39.2 Å². The molecule has 1 aromatic heterocycles. The third-order valence-electron chi connectivity index (χ3n) is 4.02. The topological polar surface area (TPSA) is 79.2 Å². The van der Waals surface area contributed by atoms with Crippen molar-refractivity contribution in [2.24, 2.45) is 0 Å². The van der Waals surface area contributed by atoms with E-state index in [9.17, 15) is 19.2 Å². The summed E-state index contributed by atoms with van der Waals surface area (Å²) in [4.78, 5) is 25.2. The maximum atomic E-state index is 13.0. The van der Waals surface area contributed by atoms with Gasteiger partial charge in [-0.05, 0) is 49.4 Å². The van der Waals surface area contributed by atoms with Crippen molar-refractivity contribution in [2.45, 2.75) is 25.7 Å². The molecule has 0 atom stereocenters. The van der Waals surface area contributed by atoms with Crippen molar-refractivity contribution < 1.29 is 18.7 Å². The lowest BCUT2D eigenvalue weighted by atomic mass is 9.96. The highest BCUT2D eigenvalue weighted by Crippen LogP contribution is 2.37. The number of nitriles is 1. The minimum atomic E-state index is -0.823. The molecule has 0 unspecified atom stereocenters. The number of carbonyl (C=O) groups excluding carboxylic acids is 2. The molecule has 0 saturated carbocycles. The summed E-state index contributed by atoms with van der Waals surface area (Å²) in [6.07, 6.45) is 3.84. The number of fused-ring (bicyclic) bond motifs is 1. The fraction of sp³-hybridized carbons (Fsp3) is 0.278. The Balaban J connectivity index is 1.64. The summed E-state index contributed by atoms with van der Waals surface area (Å²) in [6.45, 7) is -0.528. The number of halogens is 2. The zero-order chi connectivity index (χ0) is 18.7. The van der Waals surface area contributed by atoms with Gasteiger partial charge >= 0.3 is 5.97 Å². The number of hydrogen-bond acceptors (Lipinski definition) is 5. The number of nitrogens with zero attached hydrogens (tertiary/aromatic N) is 1. The van der Waals surface area contributed by atoms with E-state index in [1.54, 1.807) is 0 Å². The van der Waals surface area contributed by atoms with Crippen molar-refractivity contribution in [1.29, 1.82) is 5.26 Å². The van der Waals surface area contributed by atoms with Crippen molar-refractivity contribution in [1.82, 2.24) is 0 Å². The Morgan fingerprint density at radius 3 is 2.85 bits per heavy atom. The number of thiophene rings is 1. The zero-order valence-electron chi connectivity index (χ0n) is 13.6. The second-order valence-electron chi connectivity index (χ2n) is 5.78. The molecule has 0 radical (unpaired) electrons. The van der Waals surface area contributed by atoms with Crippen molar-refractivity contribution >= 4 is 39.8 Å². The molecule has 0 fully saturated rings. The van der Waals surface area contributed by atoms with E-state index in [0.717, 1.165) is 48.3 Å². The minimum Gasteiger partial charge on any atom is -0.452 e. The van der Waals surface area contributed by atoms with Gasteiger partial charge in [-0.15, -0.1) is 11.3 Å². The van der Waals surface area contributed by atoms with Crippen molar-refractivity contribution in [3.05, 3.63) is 50.6 Å². The summed E-state index contributed by atoms with van der Waals surface area (Å²) in [5.41, 5.74) is 1.48. The summed E-state index contributed by atoms with van der Waals surface area (Å²) in [5, 5.41) is 12.4. The van der Waals surface area contributed by atoms with E-state index in [1.807, 2.05) is 0 Å². The zero-order valence-corrected chi connectivity index (χ0v) is 15.2. The van der Waals surface area contributed by atoms with E-state index < -0.39 is 24.3 Å². The first-order valence-corrected chi connectivity index (χ1v) is 9.15. The van der Waals surface area contributed by atoms with E-state index in [2.05, 4.69) is 11.4 Å². The summed E-state index contributed by atoms with van der Waals surface area (Å²) < 4.78 is 17.9. The Morgan fingerprint density at radius 2 is 2.12 bits per heavy atom. The van der Waals surface area contributed by atoms with Gasteiger partial charge < -0.3 is 10.1 Å². The molecule has 1 aromatic carbocycles. The highest BCUT2D eigenvalue weighted by Gasteiger charge is 2.22. The van der Waals surface area contributed by atoms with Gasteiger partial charge in [0.2, 0.25) is 0 Å². The molecule has 1 amide bonds. The molecule has 5 nitrogen and oxygen atoms in total. The molecule has 2 aromatic rings. The second kappa shape index (κ2) is 7.85. The van der Waals surface area contributed by atoms with Gasteiger partial charge in [-0.1, -0.05) is 11.6 Å². The molecule has 1 heterocycles. The molecular weight excluding hydrogens is 379 g/mol. The molecule has 0 saturated heterocycles. The summed E-state index contributed by atoms with van der Waals surface area (Å²) in [5.74, 6) is -1.95. The van der Waals surface area contributed by atoms with Gasteiger partial charge in [0, 0.05) is 4.88 Å². The van der Waals surface area contributed by atoms with Crippen LogP contribution in [0, 0.1) is 17.1 Å². The van der Waals surface area contributed by atoms with Crippen molar-refractivity contribution in [3.8, 4) is 6.07 Å². The predicted octanol–water partition coefficient (Wildman–Crippen LogP) is 4.09. The number of amides is 1. The molecule has 1 aliphatic rings. The van der Waals surface area contributed by atoms with Crippen LogP contribution in [0.5, 0.6) is 0 Å². The molecule has 3 rings (SSSR count). The number of ether oxygens (including phenoxy) is 1. The molecule has 0 bridgehead atoms. The van der Waals surface area contributed by atoms with Gasteiger partial charge in [-0.25, -0.2) is 9.18 Å². The number of aryl methyl sites for hydroxylation is 1. The van der Waals surface area contributed by atoms with Gasteiger partial charge in [0.25, 0.3) is 5.91 Å². The SMILES string of the molecule is N#Cc1c(NC(=O)COC(=O)c2ccc(F)cc2Cl)sc2c1CCCC2. The van der Waals surface area contributed by atoms with Crippen molar-refractivity contribution in [2.75, 3.05) is 11.9 Å². The lowest BCUT2D eigenvalue weighted by Gasteiger charge is -2.09. The number of carbonyl (C=O) groups is 2. The van der Waals surface area contributed by atoms with Gasteiger partial charge in [0.05, 0.1) is 16.1 Å². The smallest absolute Gasteiger partial charge is 0.340 e. The third-order valence-corrected chi connectivity index (χ3v) is 5.54. The Morgan fingerprint density at radius 1 is 1.35 bits per heavy atom. The Labute approximate surface area is 158 Å². The maximum Gasteiger partial charge on any atom is 0.340 e. The van der Waals surface area contributed by atoms with Crippen LogP contribution in [-0.2, 0) is 22.4 Å². The van der Waals surface area contributed by atoms with Gasteiger partial charge in [0.1, 0.15) is 16.9 Å². The van der Waals surface area contributed by atoms with Crippen LogP contribution in [-0.4, -0.2) is 18.5 Å². The molecule has 8 heteroatoms. The number of nitrogens with one attached hydrogen (secondary N) is 1. The van der Waals surface area contributed by atoms with Gasteiger partial charge in [0.15, 0.2) is 6.61 Å². The average Bonchev–Trinajstić information content (AvgIpc) is 2.96. The summed E-state index contributed by atoms with van der Waals surface area (Å²) >= 11 is 7.18. The lowest BCUT2D eigenvalue weighted by Crippen LogP contribution is -2.21. The fourth-order valence-electron chi connectivity index (χ4n) is 2.80. The molecule has 0 aliphatic heterocycles. The first kappa shape index (κ1) is 18.4. The average molecular weight is 393 g/mol. The van der Waals surface area contributed by atoms with Crippen molar-refractivity contribution in [3.63, 3.8) is 0 Å². The highest BCUT2D eigenvalue weighted by atomic mass is 35.5. The second-order valence-corrected chi connectivity index (χ2v) is 7.29. The normalized spacial score (nSPS) is 12.8. The molecular formula is C18H14ClFN2O3S. The number of esters is 1. The number of rotatable bonds is 4. The third kappa shape index (κ3) is 3.87. The summed E-state index contributed by atoms with van der Waals surface area (Å²) in [7, 11) is 0. The number of hydrogen-bond donors (Lipinski definition) is 1. The maximum absolute atomic E-state index is 13.0. The largest absolute Gasteiger partial charge is 0.452 e. The fourth-order valence-corrected chi connectivity index (χ4v) is 4.30. The van der Waals surface area contributed by atoms with E-state index in [1.165, 1.54) is 17.4 Å². The van der Waals surface area contributed by atoms with Crippen LogP contribution in [0.4, 0.5) is 9.39 Å². The Bertz CT molecular complexity index is 920. The van der Waals surface area contributed by atoms with Crippen LogP contribution in [0.15, 0.2) is 18.2 Å². The van der Waals surface area contributed by atoms with Crippen LogP contribution >= 0.6 is 22.9 Å². The molecule has 26 heavy (non-hydrogen) atoms. The van der Waals surface area contributed by atoms with Crippen LogP contribution in [0.3, 0.4) is 0 Å².